The molecule has 2 heterocycles. The minimum absolute atomic E-state index is 0.564. The first-order valence-corrected chi connectivity index (χ1v) is 6.31. The highest BCUT2D eigenvalue weighted by Crippen LogP contribution is 2.25. The Morgan fingerprint density at radius 1 is 1.15 bits per heavy atom. The van der Waals surface area contributed by atoms with E-state index in [0.29, 0.717) is 11.4 Å². The first-order valence-electron chi connectivity index (χ1n) is 6.31. The molecule has 20 heavy (non-hydrogen) atoms. The van der Waals surface area contributed by atoms with Gasteiger partial charge in [0.05, 0.1) is 7.11 Å². The van der Waals surface area contributed by atoms with Gasteiger partial charge in [-0.1, -0.05) is 6.07 Å². The topological polar surface area (TPSA) is 43.6 Å². The number of methoxy groups -OCH3 is 1. The van der Waals surface area contributed by atoms with Gasteiger partial charge in [-0.3, -0.25) is 9.20 Å². The summed E-state index contributed by atoms with van der Waals surface area (Å²) in [4.78, 5) is 16.0. The van der Waals surface area contributed by atoms with Crippen LogP contribution in [0.4, 0.5) is 0 Å². The molecule has 0 N–H and O–H groups in total. The first-order chi connectivity index (χ1) is 9.72. The number of carbonyl (C=O) groups is 1. The monoisotopic (exact) mass is 266 g/mol. The van der Waals surface area contributed by atoms with Gasteiger partial charge in [-0.15, -0.1) is 0 Å². The Morgan fingerprint density at radius 3 is 2.55 bits per heavy atom. The molecule has 0 atom stereocenters. The molecule has 3 rings (SSSR count). The summed E-state index contributed by atoms with van der Waals surface area (Å²) >= 11 is 0. The standard InChI is InChI=1S/C16H14N2O2/c1-11-3-8-15-17-16(14(10-19)18(15)9-11)12-4-6-13(20-2)7-5-12/h3-10H,1-2H3. The van der Waals surface area contributed by atoms with Crippen LogP contribution in [-0.4, -0.2) is 22.8 Å². The molecule has 0 aliphatic rings. The number of benzene rings is 1. The fourth-order valence-corrected chi connectivity index (χ4v) is 2.24. The van der Waals surface area contributed by atoms with Crippen LogP contribution in [0.3, 0.4) is 0 Å². The summed E-state index contributed by atoms with van der Waals surface area (Å²) in [6.45, 7) is 1.99. The van der Waals surface area contributed by atoms with Gasteiger partial charge in [-0.05, 0) is 42.8 Å². The quantitative estimate of drug-likeness (QED) is 0.684. The fourth-order valence-electron chi connectivity index (χ4n) is 2.24. The molecule has 0 fully saturated rings. The minimum atomic E-state index is 0.564. The minimum Gasteiger partial charge on any atom is -0.497 e. The number of aromatic nitrogens is 2. The van der Waals surface area contributed by atoms with E-state index in [0.717, 1.165) is 28.8 Å². The largest absolute Gasteiger partial charge is 0.497 e. The van der Waals surface area contributed by atoms with E-state index >= 15 is 0 Å². The van der Waals surface area contributed by atoms with Gasteiger partial charge < -0.3 is 4.74 Å². The Morgan fingerprint density at radius 2 is 1.90 bits per heavy atom. The Labute approximate surface area is 116 Å². The molecular formula is C16H14N2O2. The van der Waals surface area contributed by atoms with Crippen molar-refractivity contribution in [3.63, 3.8) is 0 Å². The van der Waals surface area contributed by atoms with Crippen LogP contribution in [0.1, 0.15) is 16.1 Å². The lowest BCUT2D eigenvalue weighted by atomic mass is 10.1. The van der Waals surface area contributed by atoms with Crippen molar-refractivity contribution in [2.75, 3.05) is 7.11 Å². The number of hydrogen-bond donors (Lipinski definition) is 0. The smallest absolute Gasteiger partial charge is 0.169 e. The number of aldehydes is 1. The van der Waals surface area contributed by atoms with Gasteiger partial charge in [0, 0.05) is 11.8 Å². The van der Waals surface area contributed by atoms with E-state index in [-0.39, 0.29) is 0 Å². The number of pyridine rings is 1. The van der Waals surface area contributed by atoms with Gasteiger partial charge in [0.1, 0.15) is 22.8 Å². The van der Waals surface area contributed by atoms with Crippen molar-refractivity contribution in [3.05, 3.63) is 53.9 Å². The highest BCUT2D eigenvalue weighted by Gasteiger charge is 2.13. The summed E-state index contributed by atoms with van der Waals surface area (Å²) in [6, 6.07) is 11.4. The molecule has 4 nitrogen and oxygen atoms in total. The molecule has 0 saturated carbocycles. The molecule has 0 aliphatic carbocycles. The Balaban J connectivity index is 2.21. The Hall–Kier alpha value is -2.62. The van der Waals surface area contributed by atoms with Crippen molar-refractivity contribution < 1.29 is 9.53 Å². The lowest BCUT2D eigenvalue weighted by molar-refractivity contribution is 0.111. The molecule has 0 radical (unpaired) electrons. The molecule has 100 valence electrons. The predicted octanol–water partition coefficient (Wildman–Crippen LogP) is 3.13. The summed E-state index contributed by atoms with van der Waals surface area (Å²) in [6.07, 6.45) is 2.76. The van der Waals surface area contributed by atoms with E-state index in [1.54, 1.807) is 7.11 Å². The lowest BCUT2D eigenvalue weighted by Crippen LogP contribution is -1.93. The van der Waals surface area contributed by atoms with Crippen molar-refractivity contribution in [1.29, 1.82) is 0 Å². The third kappa shape index (κ3) is 1.95. The van der Waals surface area contributed by atoms with E-state index in [4.69, 9.17) is 4.74 Å². The molecule has 0 saturated heterocycles. The second kappa shape index (κ2) is 4.81. The van der Waals surface area contributed by atoms with Gasteiger partial charge in [-0.25, -0.2) is 4.98 Å². The zero-order chi connectivity index (χ0) is 14.1. The van der Waals surface area contributed by atoms with Crippen LogP contribution in [0.2, 0.25) is 0 Å². The summed E-state index contributed by atoms with van der Waals surface area (Å²) in [5.41, 5.74) is 4.00. The number of carbonyl (C=O) groups excluding carboxylic acids is 1. The molecule has 0 spiro atoms. The van der Waals surface area contributed by atoms with Crippen molar-refractivity contribution in [2.45, 2.75) is 6.92 Å². The molecular weight excluding hydrogens is 252 g/mol. The van der Waals surface area contributed by atoms with Gasteiger partial charge in [0.15, 0.2) is 6.29 Å². The molecule has 4 heteroatoms. The number of nitrogens with zero attached hydrogens (tertiary/aromatic N) is 2. The summed E-state index contributed by atoms with van der Waals surface area (Å²) in [7, 11) is 1.62. The zero-order valence-corrected chi connectivity index (χ0v) is 11.3. The van der Waals surface area contributed by atoms with Crippen LogP contribution in [0, 0.1) is 6.92 Å². The summed E-state index contributed by atoms with van der Waals surface area (Å²) in [5.74, 6) is 0.779. The maximum Gasteiger partial charge on any atom is 0.169 e. The second-order valence-electron chi connectivity index (χ2n) is 4.63. The zero-order valence-electron chi connectivity index (χ0n) is 11.3. The maximum atomic E-state index is 11.4. The fraction of sp³-hybridized carbons (Fsp3) is 0.125. The highest BCUT2D eigenvalue weighted by atomic mass is 16.5. The maximum absolute atomic E-state index is 11.4. The van der Waals surface area contributed by atoms with Crippen molar-refractivity contribution in [1.82, 2.24) is 9.38 Å². The van der Waals surface area contributed by atoms with Crippen LogP contribution in [0.5, 0.6) is 5.75 Å². The van der Waals surface area contributed by atoms with Crippen molar-refractivity contribution in [3.8, 4) is 17.0 Å². The van der Waals surface area contributed by atoms with E-state index in [1.807, 2.05) is 53.9 Å². The van der Waals surface area contributed by atoms with Crippen LogP contribution in [0.15, 0.2) is 42.6 Å². The van der Waals surface area contributed by atoms with E-state index in [2.05, 4.69) is 4.98 Å². The number of aryl methyl sites for hydroxylation is 1. The van der Waals surface area contributed by atoms with Crippen LogP contribution < -0.4 is 4.74 Å². The van der Waals surface area contributed by atoms with Gasteiger partial charge >= 0.3 is 0 Å². The predicted molar refractivity (Wildman–Crippen MR) is 77.3 cm³/mol. The average molecular weight is 266 g/mol. The molecule has 0 amide bonds. The molecule has 3 aromatic rings. The summed E-state index contributed by atoms with van der Waals surface area (Å²) < 4.78 is 6.96. The van der Waals surface area contributed by atoms with E-state index in [1.165, 1.54) is 0 Å². The van der Waals surface area contributed by atoms with Crippen LogP contribution in [0.25, 0.3) is 16.9 Å². The summed E-state index contributed by atoms with van der Waals surface area (Å²) in [5, 5.41) is 0. The SMILES string of the molecule is COc1ccc(-c2nc3ccc(C)cn3c2C=O)cc1. The third-order valence-corrected chi connectivity index (χ3v) is 3.28. The van der Waals surface area contributed by atoms with E-state index in [9.17, 15) is 4.79 Å². The normalized spacial score (nSPS) is 10.7. The first kappa shape index (κ1) is 12.4. The van der Waals surface area contributed by atoms with E-state index < -0.39 is 0 Å². The molecule has 2 aromatic heterocycles. The van der Waals surface area contributed by atoms with Crippen LogP contribution in [-0.2, 0) is 0 Å². The molecule has 1 aromatic carbocycles. The number of hydrogen-bond acceptors (Lipinski definition) is 3. The average Bonchev–Trinajstić information content (AvgIpc) is 2.85. The van der Waals surface area contributed by atoms with Crippen molar-refractivity contribution >= 4 is 11.9 Å². The second-order valence-corrected chi connectivity index (χ2v) is 4.63. The number of fused-ring (bicyclic) bond motifs is 1. The van der Waals surface area contributed by atoms with Gasteiger partial charge in [0.25, 0.3) is 0 Å². The van der Waals surface area contributed by atoms with Crippen LogP contribution >= 0.6 is 0 Å². The van der Waals surface area contributed by atoms with Gasteiger partial charge in [0.2, 0.25) is 0 Å². The number of imidazole rings is 1. The Bertz CT molecular complexity index is 773. The Kier molecular flexibility index (Phi) is 2.99. The van der Waals surface area contributed by atoms with Crippen molar-refractivity contribution in [2.24, 2.45) is 0 Å². The third-order valence-electron chi connectivity index (χ3n) is 3.28. The molecule has 0 bridgehead atoms. The van der Waals surface area contributed by atoms with Gasteiger partial charge in [-0.2, -0.15) is 0 Å². The number of ether oxygens (including phenoxy) is 1. The molecule has 0 aliphatic heterocycles. The lowest BCUT2D eigenvalue weighted by Gasteiger charge is -2.02. The number of rotatable bonds is 3. The molecule has 0 unspecified atom stereocenters. The highest BCUT2D eigenvalue weighted by molar-refractivity contribution is 5.86.